The van der Waals surface area contributed by atoms with Gasteiger partial charge in [0.1, 0.15) is 0 Å². The van der Waals surface area contributed by atoms with Gasteiger partial charge in [-0.25, -0.2) is 8.42 Å². The van der Waals surface area contributed by atoms with Crippen LogP contribution in [-0.4, -0.2) is 86.5 Å². The highest BCUT2D eigenvalue weighted by Gasteiger charge is 2.31. The van der Waals surface area contributed by atoms with Crippen molar-refractivity contribution in [1.82, 2.24) is 14.1 Å². The predicted octanol–water partition coefficient (Wildman–Crippen LogP) is 1.75. The zero-order valence-electron chi connectivity index (χ0n) is 17.9. The van der Waals surface area contributed by atoms with Crippen LogP contribution in [0.15, 0.2) is 29.2 Å². The first-order valence-electron chi connectivity index (χ1n) is 10.4. The Hall–Kier alpha value is -1.48. The zero-order valence-corrected chi connectivity index (χ0v) is 18.7. The van der Waals surface area contributed by atoms with Gasteiger partial charge in [0.15, 0.2) is 0 Å². The highest BCUT2D eigenvalue weighted by molar-refractivity contribution is 7.89. The second-order valence-corrected chi connectivity index (χ2v) is 10.4. The largest absolute Gasteiger partial charge is 0.373 e. The van der Waals surface area contributed by atoms with E-state index in [1.807, 2.05) is 26.0 Å². The third kappa shape index (κ3) is 5.36. The van der Waals surface area contributed by atoms with Crippen LogP contribution >= 0.6 is 0 Å². The van der Waals surface area contributed by atoms with Crippen molar-refractivity contribution in [2.75, 3.05) is 45.8 Å². The molecule has 0 saturated carbocycles. The van der Waals surface area contributed by atoms with Gasteiger partial charge in [-0.2, -0.15) is 4.31 Å². The molecule has 1 amide bonds. The van der Waals surface area contributed by atoms with Gasteiger partial charge in [0.25, 0.3) is 0 Å². The van der Waals surface area contributed by atoms with Crippen LogP contribution in [0.4, 0.5) is 0 Å². The van der Waals surface area contributed by atoms with Gasteiger partial charge in [-0.05, 0) is 37.5 Å². The molecule has 2 heterocycles. The third-order valence-electron chi connectivity index (χ3n) is 5.63. The summed E-state index contributed by atoms with van der Waals surface area (Å²) >= 11 is 0. The summed E-state index contributed by atoms with van der Waals surface area (Å²) in [4.78, 5) is 16.9. The van der Waals surface area contributed by atoms with E-state index in [4.69, 9.17) is 4.74 Å². The van der Waals surface area contributed by atoms with Gasteiger partial charge in [0, 0.05) is 39.3 Å². The first kappa shape index (κ1) is 22.2. The van der Waals surface area contributed by atoms with Crippen molar-refractivity contribution in [3.8, 4) is 0 Å². The second kappa shape index (κ2) is 9.12. The van der Waals surface area contributed by atoms with Crippen molar-refractivity contribution in [1.29, 1.82) is 0 Å². The van der Waals surface area contributed by atoms with Gasteiger partial charge in [-0.1, -0.05) is 26.0 Å². The molecule has 2 atom stereocenters. The van der Waals surface area contributed by atoms with Gasteiger partial charge in [-0.15, -0.1) is 0 Å². The van der Waals surface area contributed by atoms with E-state index >= 15 is 0 Å². The van der Waals surface area contributed by atoms with Crippen molar-refractivity contribution in [2.45, 2.75) is 50.7 Å². The highest BCUT2D eigenvalue weighted by Crippen LogP contribution is 2.21. The molecule has 2 fully saturated rings. The Bertz CT molecular complexity index is 792. The van der Waals surface area contributed by atoms with E-state index in [-0.39, 0.29) is 18.1 Å². The number of hydrogen-bond donors (Lipinski definition) is 0. The Balaban J connectivity index is 1.56. The van der Waals surface area contributed by atoms with E-state index in [9.17, 15) is 13.2 Å². The molecule has 162 valence electrons. The SMILES string of the molecule is CC(C)c1ccc(S(=O)(=O)N2CCN(C(=O)CN3C[C@H](C)O[C@@H](C)C3)CC2)cc1. The molecule has 1 aromatic carbocycles. The lowest BCUT2D eigenvalue weighted by Crippen LogP contribution is -2.54. The Morgan fingerprint density at radius 3 is 2.10 bits per heavy atom. The number of carbonyl (C=O) groups is 1. The Kier molecular flexibility index (Phi) is 6.98. The predicted molar refractivity (Wildman–Crippen MR) is 112 cm³/mol. The molecule has 1 aromatic rings. The molecule has 7 nitrogen and oxygen atoms in total. The summed E-state index contributed by atoms with van der Waals surface area (Å²) in [6.07, 6.45) is 0.242. The number of hydrogen-bond acceptors (Lipinski definition) is 5. The van der Waals surface area contributed by atoms with Crippen LogP contribution in [0.2, 0.25) is 0 Å². The fraction of sp³-hybridized carbons (Fsp3) is 0.667. The van der Waals surface area contributed by atoms with Gasteiger partial charge in [-0.3, -0.25) is 9.69 Å². The lowest BCUT2D eigenvalue weighted by Gasteiger charge is -2.38. The van der Waals surface area contributed by atoms with Crippen LogP contribution in [0.5, 0.6) is 0 Å². The summed E-state index contributed by atoms with van der Waals surface area (Å²) < 4.78 is 33.1. The molecule has 3 rings (SSSR count). The van der Waals surface area contributed by atoms with Gasteiger partial charge in [0.05, 0.1) is 23.6 Å². The average molecular weight is 424 g/mol. The van der Waals surface area contributed by atoms with Crippen molar-refractivity contribution in [3.05, 3.63) is 29.8 Å². The summed E-state index contributed by atoms with van der Waals surface area (Å²) in [7, 11) is -3.53. The maximum atomic E-state index is 12.9. The Labute approximate surface area is 174 Å². The monoisotopic (exact) mass is 423 g/mol. The molecule has 0 spiro atoms. The summed E-state index contributed by atoms with van der Waals surface area (Å²) in [5.41, 5.74) is 1.12. The van der Waals surface area contributed by atoms with E-state index in [0.717, 1.165) is 18.7 Å². The molecule has 0 radical (unpaired) electrons. The van der Waals surface area contributed by atoms with Crippen molar-refractivity contribution in [2.24, 2.45) is 0 Å². The van der Waals surface area contributed by atoms with Crippen molar-refractivity contribution < 1.29 is 17.9 Å². The number of amides is 1. The van der Waals surface area contributed by atoms with E-state index in [1.54, 1.807) is 17.0 Å². The van der Waals surface area contributed by atoms with Crippen molar-refractivity contribution >= 4 is 15.9 Å². The minimum absolute atomic E-state index is 0.0598. The fourth-order valence-corrected chi connectivity index (χ4v) is 5.48. The summed E-state index contributed by atoms with van der Waals surface area (Å²) in [5.74, 6) is 0.420. The van der Waals surface area contributed by atoms with Gasteiger partial charge >= 0.3 is 0 Å². The number of benzene rings is 1. The number of morpholine rings is 1. The quantitative estimate of drug-likeness (QED) is 0.722. The first-order chi connectivity index (χ1) is 13.7. The van der Waals surface area contributed by atoms with Gasteiger partial charge < -0.3 is 9.64 Å². The fourth-order valence-electron chi connectivity index (χ4n) is 4.06. The molecular formula is C21H33N3O4S. The molecule has 0 N–H and O–H groups in total. The van der Waals surface area contributed by atoms with Crippen molar-refractivity contribution in [3.63, 3.8) is 0 Å². The van der Waals surface area contributed by atoms with Crippen LogP contribution < -0.4 is 0 Å². The van der Waals surface area contributed by atoms with Crippen LogP contribution in [-0.2, 0) is 19.6 Å². The molecule has 0 aliphatic carbocycles. The minimum Gasteiger partial charge on any atom is -0.373 e. The normalized spacial score (nSPS) is 24.8. The lowest BCUT2D eigenvalue weighted by atomic mass is 10.0. The number of sulfonamides is 1. The molecular weight excluding hydrogens is 390 g/mol. The number of nitrogens with zero attached hydrogens (tertiary/aromatic N) is 3. The second-order valence-electron chi connectivity index (χ2n) is 8.46. The highest BCUT2D eigenvalue weighted by atomic mass is 32.2. The topological polar surface area (TPSA) is 70.2 Å². The van der Waals surface area contributed by atoms with E-state index in [2.05, 4.69) is 18.7 Å². The van der Waals surface area contributed by atoms with Crippen LogP contribution in [0.3, 0.4) is 0 Å². The minimum atomic E-state index is -3.53. The standard InChI is InChI=1S/C21H33N3O4S/c1-16(2)19-5-7-20(8-6-19)29(26,27)24-11-9-23(10-12-24)21(25)15-22-13-17(3)28-18(4)14-22/h5-8,16-18H,9-15H2,1-4H3/t17-,18-/m0/s1. The van der Waals surface area contributed by atoms with E-state index < -0.39 is 10.0 Å². The van der Waals surface area contributed by atoms with Gasteiger partial charge in [0.2, 0.25) is 15.9 Å². The number of piperazine rings is 1. The maximum Gasteiger partial charge on any atom is 0.243 e. The smallest absolute Gasteiger partial charge is 0.243 e. The molecule has 0 unspecified atom stereocenters. The molecule has 2 aliphatic rings. The average Bonchev–Trinajstić information content (AvgIpc) is 2.67. The summed E-state index contributed by atoms with van der Waals surface area (Å²) in [6.45, 7) is 11.6. The summed E-state index contributed by atoms with van der Waals surface area (Å²) in [6, 6.07) is 7.12. The molecule has 0 aromatic heterocycles. The number of ether oxygens (including phenoxy) is 1. The third-order valence-corrected chi connectivity index (χ3v) is 7.54. The molecule has 0 bridgehead atoms. The maximum absolute atomic E-state index is 12.9. The summed E-state index contributed by atoms with van der Waals surface area (Å²) in [5, 5.41) is 0. The molecule has 8 heteroatoms. The number of rotatable bonds is 5. The lowest BCUT2D eigenvalue weighted by molar-refractivity contribution is -0.137. The molecule has 2 saturated heterocycles. The molecule has 29 heavy (non-hydrogen) atoms. The van der Waals surface area contributed by atoms with Crippen LogP contribution in [0, 0.1) is 0 Å². The van der Waals surface area contributed by atoms with Crippen LogP contribution in [0.1, 0.15) is 39.2 Å². The first-order valence-corrected chi connectivity index (χ1v) is 11.9. The van der Waals surface area contributed by atoms with E-state index in [1.165, 1.54) is 4.31 Å². The Morgan fingerprint density at radius 1 is 1.03 bits per heavy atom. The van der Waals surface area contributed by atoms with Crippen LogP contribution in [0.25, 0.3) is 0 Å². The Morgan fingerprint density at radius 2 is 1.59 bits per heavy atom. The zero-order chi connectivity index (χ0) is 21.2. The van der Waals surface area contributed by atoms with E-state index in [0.29, 0.717) is 43.5 Å². The molecule has 2 aliphatic heterocycles. The number of carbonyl (C=O) groups excluding carboxylic acids is 1.